The molecule has 0 heterocycles. The van der Waals surface area contributed by atoms with Crippen molar-refractivity contribution in [1.82, 2.24) is 10.0 Å². The van der Waals surface area contributed by atoms with Crippen LogP contribution in [-0.2, 0) is 24.2 Å². The van der Waals surface area contributed by atoms with Crippen LogP contribution >= 0.6 is 23.2 Å². The maximum absolute atomic E-state index is 12.9. The van der Waals surface area contributed by atoms with Crippen LogP contribution in [0.5, 0.6) is 0 Å². The fourth-order valence-corrected chi connectivity index (χ4v) is 5.07. The standard InChI is InChI=1S/C24H35Cl2N3O5S/c1-18-22(15-20(25)16-24(18)26)23(17-28-2)19-4-3-5-21(14-19)35(30,31)29-7-9-33-11-13-34-12-10-32-8-6-27/h3-5,14-16,23,28-29H,6-13,17,27H2,1-2H3. The van der Waals surface area contributed by atoms with E-state index in [4.69, 9.17) is 43.1 Å². The minimum Gasteiger partial charge on any atom is -0.378 e. The minimum atomic E-state index is -3.71. The van der Waals surface area contributed by atoms with Crippen LogP contribution in [0.3, 0.4) is 0 Å². The van der Waals surface area contributed by atoms with Crippen molar-refractivity contribution in [2.75, 3.05) is 66.3 Å². The second-order valence-electron chi connectivity index (χ2n) is 7.81. The smallest absolute Gasteiger partial charge is 0.240 e. The van der Waals surface area contributed by atoms with Crippen molar-refractivity contribution in [3.05, 3.63) is 63.1 Å². The summed E-state index contributed by atoms with van der Waals surface area (Å²) < 4.78 is 44.3. The van der Waals surface area contributed by atoms with E-state index in [1.165, 1.54) is 0 Å². The first-order chi connectivity index (χ1) is 16.8. The highest BCUT2D eigenvalue weighted by atomic mass is 35.5. The van der Waals surface area contributed by atoms with Crippen LogP contribution in [0, 0.1) is 6.92 Å². The highest BCUT2D eigenvalue weighted by molar-refractivity contribution is 7.89. The molecule has 0 saturated heterocycles. The first kappa shape index (κ1) is 30.0. The largest absolute Gasteiger partial charge is 0.378 e. The quantitative estimate of drug-likeness (QED) is 0.261. The molecular weight excluding hydrogens is 513 g/mol. The van der Waals surface area contributed by atoms with Gasteiger partial charge in [-0.25, -0.2) is 13.1 Å². The molecule has 2 aromatic rings. The van der Waals surface area contributed by atoms with Gasteiger partial charge in [-0.05, 0) is 54.9 Å². The third-order valence-corrected chi connectivity index (χ3v) is 7.32. The zero-order chi connectivity index (χ0) is 25.7. The number of hydrogen-bond donors (Lipinski definition) is 3. The van der Waals surface area contributed by atoms with Crippen molar-refractivity contribution in [2.24, 2.45) is 5.73 Å². The van der Waals surface area contributed by atoms with Crippen LogP contribution in [0.4, 0.5) is 0 Å². The average Bonchev–Trinajstić information content (AvgIpc) is 2.83. The molecule has 2 aromatic carbocycles. The lowest BCUT2D eigenvalue weighted by atomic mass is 9.88. The second-order valence-corrected chi connectivity index (χ2v) is 10.4. The van der Waals surface area contributed by atoms with Gasteiger partial charge in [0.2, 0.25) is 10.0 Å². The Morgan fingerprint density at radius 2 is 1.63 bits per heavy atom. The van der Waals surface area contributed by atoms with Gasteiger partial charge < -0.3 is 25.3 Å². The van der Waals surface area contributed by atoms with E-state index in [0.29, 0.717) is 56.2 Å². The van der Waals surface area contributed by atoms with E-state index in [9.17, 15) is 8.42 Å². The molecule has 0 aliphatic heterocycles. The number of nitrogens with two attached hydrogens (primary N) is 1. The highest BCUT2D eigenvalue weighted by Gasteiger charge is 2.21. The van der Waals surface area contributed by atoms with Crippen LogP contribution in [-0.4, -0.2) is 74.7 Å². The number of benzene rings is 2. The Bertz CT molecular complexity index is 1020. The summed E-state index contributed by atoms with van der Waals surface area (Å²) in [6.07, 6.45) is 0. The van der Waals surface area contributed by atoms with Crippen LogP contribution in [0.1, 0.15) is 22.6 Å². The Kier molecular flexibility index (Phi) is 13.5. The Labute approximate surface area is 218 Å². The highest BCUT2D eigenvalue weighted by Crippen LogP contribution is 2.34. The maximum atomic E-state index is 12.9. The number of sulfonamides is 1. The van der Waals surface area contributed by atoms with E-state index < -0.39 is 10.0 Å². The van der Waals surface area contributed by atoms with Gasteiger partial charge >= 0.3 is 0 Å². The summed E-state index contributed by atoms with van der Waals surface area (Å²) >= 11 is 12.6. The molecule has 1 atom stereocenters. The molecule has 0 radical (unpaired) electrons. The van der Waals surface area contributed by atoms with E-state index in [2.05, 4.69) is 10.0 Å². The number of rotatable bonds is 17. The van der Waals surface area contributed by atoms with E-state index in [1.807, 2.05) is 26.1 Å². The predicted octanol–water partition coefficient (Wildman–Crippen LogP) is 2.94. The normalized spacial score (nSPS) is 12.7. The molecule has 0 amide bonds. The van der Waals surface area contributed by atoms with Gasteiger partial charge in [-0.15, -0.1) is 0 Å². The van der Waals surface area contributed by atoms with Gasteiger partial charge in [0.15, 0.2) is 0 Å². The average molecular weight is 549 g/mol. The fourth-order valence-electron chi connectivity index (χ4n) is 3.49. The molecule has 196 valence electrons. The van der Waals surface area contributed by atoms with E-state index >= 15 is 0 Å². The van der Waals surface area contributed by atoms with Crippen molar-refractivity contribution in [3.8, 4) is 0 Å². The molecule has 0 bridgehead atoms. The van der Waals surface area contributed by atoms with Gasteiger partial charge in [0.05, 0.1) is 44.5 Å². The van der Waals surface area contributed by atoms with Crippen molar-refractivity contribution >= 4 is 33.2 Å². The van der Waals surface area contributed by atoms with Gasteiger partial charge in [-0.3, -0.25) is 0 Å². The minimum absolute atomic E-state index is 0.129. The van der Waals surface area contributed by atoms with Gasteiger partial charge in [0.1, 0.15) is 0 Å². The Hall–Kier alpha value is -1.27. The molecule has 0 aromatic heterocycles. The monoisotopic (exact) mass is 547 g/mol. The summed E-state index contributed by atoms with van der Waals surface area (Å²) in [6, 6.07) is 10.5. The number of likely N-dealkylation sites (N-methyl/N-ethyl adjacent to an activating group) is 1. The van der Waals surface area contributed by atoms with Gasteiger partial charge in [-0.2, -0.15) is 0 Å². The Morgan fingerprint density at radius 3 is 2.29 bits per heavy atom. The van der Waals surface area contributed by atoms with E-state index in [1.54, 1.807) is 24.3 Å². The lowest BCUT2D eigenvalue weighted by molar-refractivity contribution is 0.0171. The molecule has 0 saturated carbocycles. The van der Waals surface area contributed by atoms with Gasteiger partial charge in [-0.1, -0.05) is 35.3 Å². The summed E-state index contributed by atoms with van der Waals surface area (Å²) in [4.78, 5) is 0.183. The molecular formula is C24H35Cl2N3O5S. The number of hydrogen-bond acceptors (Lipinski definition) is 7. The van der Waals surface area contributed by atoms with Crippen LogP contribution in [0.2, 0.25) is 10.0 Å². The SMILES string of the molecule is CNCC(c1cccc(S(=O)(=O)NCCOCCOCCOCCN)c1)c1cc(Cl)cc(Cl)c1C. The first-order valence-electron chi connectivity index (χ1n) is 11.4. The van der Waals surface area contributed by atoms with E-state index in [0.717, 1.165) is 16.7 Å². The lowest BCUT2D eigenvalue weighted by Gasteiger charge is -2.21. The molecule has 0 fully saturated rings. The van der Waals surface area contributed by atoms with Crippen molar-refractivity contribution in [3.63, 3.8) is 0 Å². The summed E-state index contributed by atoms with van der Waals surface area (Å²) in [7, 11) is -1.87. The zero-order valence-corrected chi connectivity index (χ0v) is 22.5. The summed E-state index contributed by atoms with van der Waals surface area (Å²) in [5, 5.41) is 4.28. The molecule has 4 N–H and O–H groups in total. The predicted molar refractivity (Wildman–Crippen MR) is 140 cm³/mol. The van der Waals surface area contributed by atoms with Crippen LogP contribution in [0.25, 0.3) is 0 Å². The van der Waals surface area contributed by atoms with E-state index in [-0.39, 0.29) is 24.0 Å². The van der Waals surface area contributed by atoms with Gasteiger partial charge in [0, 0.05) is 35.6 Å². The van der Waals surface area contributed by atoms with Crippen LogP contribution in [0.15, 0.2) is 41.3 Å². The Balaban J connectivity index is 1.94. The molecule has 0 spiro atoms. The third kappa shape index (κ3) is 9.95. The van der Waals surface area contributed by atoms with Crippen molar-refractivity contribution in [1.29, 1.82) is 0 Å². The topological polar surface area (TPSA) is 112 Å². The fraction of sp³-hybridized carbons (Fsp3) is 0.500. The molecule has 1 unspecified atom stereocenters. The molecule has 35 heavy (non-hydrogen) atoms. The number of halogens is 2. The van der Waals surface area contributed by atoms with Crippen molar-refractivity contribution in [2.45, 2.75) is 17.7 Å². The lowest BCUT2D eigenvalue weighted by Crippen LogP contribution is -2.28. The molecule has 0 aliphatic rings. The maximum Gasteiger partial charge on any atom is 0.240 e. The number of nitrogens with one attached hydrogen (secondary N) is 2. The Morgan fingerprint density at radius 1 is 0.971 bits per heavy atom. The van der Waals surface area contributed by atoms with Crippen LogP contribution < -0.4 is 15.8 Å². The summed E-state index contributed by atoms with van der Waals surface area (Å²) in [5.74, 6) is -0.129. The molecule has 2 rings (SSSR count). The third-order valence-electron chi connectivity index (χ3n) is 5.25. The first-order valence-corrected chi connectivity index (χ1v) is 13.7. The van der Waals surface area contributed by atoms with Gasteiger partial charge in [0.25, 0.3) is 0 Å². The summed E-state index contributed by atoms with van der Waals surface area (Å²) in [6.45, 7) is 5.59. The summed E-state index contributed by atoms with van der Waals surface area (Å²) in [5.41, 5.74) is 8.03. The molecule has 8 nitrogen and oxygen atoms in total. The number of ether oxygens (including phenoxy) is 3. The molecule has 0 aliphatic carbocycles. The molecule has 11 heteroatoms. The second kappa shape index (κ2) is 15.8. The zero-order valence-electron chi connectivity index (χ0n) is 20.2. The van der Waals surface area contributed by atoms with Crippen molar-refractivity contribution < 1.29 is 22.6 Å².